The number of unbranched alkanes of at least 4 members (excludes halogenated alkanes) is 5. The van der Waals surface area contributed by atoms with Crippen LogP contribution < -0.4 is 4.74 Å². The highest BCUT2D eigenvalue weighted by Gasteiger charge is 1.94. The van der Waals surface area contributed by atoms with E-state index in [0.29, 0.717) is 0 Å². The second kappa shape index (κ2) is 7.48. The Bertz CT molecular complexity index is 204. The van der Waals surface area contributed by atoms with Gasteiger partial charge in [-0.15, -0.1) is 0 Å². The lowest BCUT2D eigenvalue weighted by molar-refractivity contribution is 0.301. The van der Waals surface area contributed by atoms with E-state index in [0.717, 1.165) is 18.8 Å². The molecular weight excluding hydrogens is 176 g/mol. The summed E-state index contributed by atoms with van der Waals surface area (Å²) in [4.78, 5) is 0. The third kappa shape index (κ3) is 4.95. The molecule has 1 rings (SSSR count). The molecular formula is C12H20O2. The Morgan fingerprint density at radius 2 is 1.93 bits per heavy atom. The van der Waals surface area contributed by atoms with Gasteiger partial charge in [0.05, 0.1) is 12.9 Å². The highest BCUT2D eigenvalue weighted by atomic mass is 16.5. The zero-order valence-electron chi connectivity index (χ0n) is 9.00. The summed E-state index contributed by atoms with van der Waals surface area (Å²) in [6.07, 6.45) is 11.1. The van der Waals surface area contributed by atoms with Crippen molar-refractivity contribution < 1.29 is 9.15 Å². The number of ether oxygens (including phenoxy) is 1. The summed E-state index contributed by atoms with van der Waals surface area (Å²) in [5.41, 5.74) is 0. The van der Waals surface area contributed by atoms with Crippen LogP contribution in [0.5, 0.6) is 5.75 Å². The Balaban J connectivity index is 1.85. The fourth-order valence-corrected chi connectivity index (χ4v) is 1.41. The zero-order chi connectivity index (χ0) is 10.1. The van der Waals surface area contributed by atoms with Crippen LogP contribution in [0.15, 0.2) is 23.0 Å². The topological polar surface area (TPSA) is 22.4 Å². The van der Waals surface area contributed by atoms with Crippen LogP contribution in [0.1, 0.15) is 45.4 Å². The quantitative estimate of drug-likeness (QED) is 0.586. The van der Waals surface area contributed by atoms with Gasteiger partial charge in [0.25, 0.3) is 0 Å². The van der Waals surface area contributed by atoms with E-state index in [-0.39, 0.29) is 0 Å². The first-order valence-electron chi connectivity index (χ1n) is 5.58. The molecule has 0 saturated carbocycles. The first-order chi connectivity index (χ1) is 6.93. The minimum atomic E-state index is 0.811. The molecule has 0 amide bonds. The second-order valence-corrected chi connectivity index (χ2v) is 3.58. The van der Waals surface area contributed by atoms with E-state index >= 15 is 0 Å². The van der Waals surface area contributed by atoms with Crippen LogP contribution in [0, 0.1) is 0 Å². The van der Waals surface area contributed by atoms with Gasteiger partial charge in [-0.25, -0.2) is 0 Å². The first kappa shape index (κ1) is 11.2. The second-order valence-electron chi connectivity index (χ2n) is 3.58. The van der Waals surface area contributed by atoms with E-state index in [2.05, 4.69) is 6.92 Å². The fourth-order valence-electron chi connectivity index (χ4n) is 1.41. The predicted molar refractivity (Wildman–Crippen MR) is 57.6 cm³/mol. The molecule has 14 heavy (non-hydrogen) atoms. The number of hydrogen-bond donors (Lipinski definition) is 0. The molecule has 0 fully saturated rings. The third-order valence-electron chi connectivity index (χ3n) is 2.26. The highest BCUT2D eigenvalue weighted by molar-refractivity contribution is 5.12. The van der Waals surface area contributed by atoms with Gasteiger partial charge in [0.15, 0.2) is 5.75 Å². The van der Waals surface area contributed by atoms with Crippen LogP contribution in [-0.2, 0) is 0 Å². The third-order valence-corrected chi connectivity index (χ3v) is 2.26. The van der Waals surface area contributed by atoms with Crippen LogP contribution in [0.4, 0.5) is 0 Å². The molecule has 2 heteroatoms. The predicted octanol–water partition coefficient (Wildman–Crippen LogP) is 4.02. The summed E-state index contributed by atoms with van der Waals surface area (Å²) < 4.78 is 10.4. The van der Waals surface area contributed by atoms with Gasteiger partial charge in [-0.05, 0) is 6.42 Å². The van der Waals surface area contributed by atoms with Crippen molar-refractivity contribution in [2.24, 2.45) is 0 Å². The number of hydrogen-bond acceptors (Lipinski definition) is 2. The van der Waals surface area contributed by atoms with Gasteiger partial charge >= 0.3 is 0 Å². The first-order valence-corrected chi connectivity index (χ1v) is 5.58. The van der Waals surface area contributed by atoms with Crippen molar-refractivity contribution in [3.63, 3.8) is 0 Å². The molecule has 0 aromatic carbocycles. The maximum absolute atomic E-state index is 5.46. The van der Waals surface area contributed by atoms with Gasteiger partial charge in [-0.1, -0.05) is 39.0 Å². The standard InChI is InChI=1S/C12H20O2/c1-2-3-4-5-6-7-9-14-12-8-10-13-11-12/h8,10-11H,2-7,9H2,1H3. The summed E-state index contributed by atoms with van der Waals surface area (Å²) in [5.74, 6) is 0.846. The molecule has 0 aliphatic heterocycles. The SMILES string of the molecule is CCCCCCCCOc1ccoc1. The monoisotopic (exact) mass is 196 g/mol. The van der Waals surface area contributed by atoms with Crippen molar-refractivity contribution in [3.05, 3.63) is 18.6 Å². The van der Waals surface area contributed by atoms with E-state index < -0.39 is 0 Å². The van der Waals surface area contributed by atoms with Gasteiger partial charge in [-0.3, -0.25) is 0 Å². The lowest BCUT2D eigenvalue weighted by Crippen LogP contribution is -1.95. The summed E-state index contributed by atoms with van der Waals surface area (Å²) in [5, 5.41) is 0. The molecule has 0 N–H and O–H groups in total. The molecule has 0 aliphatic rings. The minimum Gasteiger partial charge on any atom is -0.490 e. The molecule has 0 radical (unpaired) electrons. The summed E-state index contributed by atoms with van der Waals surface area (Å²) in [6.45, 7) is 3.05. The molecule has 0 atom stereocenters. The number of furan rings is 1. The summed E-state index contributed by atoms with van der Waals surface area (Å²) in [7, 11) is 0. The molecule has 1 aromatic heterocycles. The van der Waals surface area contributed by atoms with Crippen LogP contribution in [-0.4, -0.2) is 6.61 Å². The highest BCUT2D eigenvalue weighted by Crippen LogP contribution is 2.11. The van der Waals surface area contributed by atoms with Crippen LogP contribution in [0.2, 0.25) is 0 Å². The molecule has 0 bridgehead atoms. The van der Waals surface area contributed by atoms with E-state index in [4.69, 9.17) is 9.15 Å². The molecule has 2 nitrogen and oxygen atoms in total. The average molecular weight is 196 g/mol. The normalized spacial score (nSPS) is 10.4. The van der Waals surface area contributed by atoms with Crippen molar-refractivity contribution in [2.75, 3.05) is 6.61 Å². The Kier molecular flexibility index (Phi) is 5.96. The van der Waals surface area contributed by atoms with Crippen LogP contribution in [0.3, 0.4) is 0 Å². The average Bonchev–Trinajstić information content (AvgIpc) is 2.69. The van der Waals surface area contributed by atoms with Gasteiger partial charge in [-0.2, -0.15) is 0 Å². The Morgan fingerprint density at radius 3 is 2.64 bits per heavy atom. The lowest BCUT2D eigenvalue weighted by Gasteiger charge is -2.02. The van der Waals surface area contributed by atoms with E-state index in [1.165, 1.54) is 32.1 Å². The molecule has 0 saturated heterocycles. The maximum atomic E-state index is 5.46. The molecule has 0 spiro atoms. The minimum absolute atomic E-state index is 0.811. The van der Waals surface area contributed by atoms with Crippen LogP contribution >= 0.6 is 0 Å². The Labute approximate surface area is 86.3 Å². The number of rotatable bonds is 8. The van der Waals surface area contributed by atoms with E-state index in [1.54, 1.807) is 12.5 Å². The van der Waals surface area contributed by atoms with Crippen molar-refractivity contribution in [3.8, 4) is 5.75 Å². The zero-order valence-corrected chi connectivity index (χ0v) is 9.00. The lowest BCUT2D eigenvalue weighted by atomic mass is 10.1. The van der Waals surface area contributed by atoms with Gasteiger partial charge in [0, 0.05) is 6.07 Å². The smallest absolute Gasteiger partial charge is 0.157 e. The fraction of sp³-hybridized carbons (Fsp3) is 0.667. The molecule has 1 aromatic rings. The summed E-state index contributed by atoms with van der Waals surface area (Å²) >= 11 is 0. The molecule has 0 aliphatic carbocycles. The molecule has 80 valence electrons. The van der Waals surface area contributed by atoms with E-state index in [1.807, 2.05) is 6.07 Å². The van der Waals surface area contributed by atoms with Crippen molar-refractivity contribution in [1.82, 2.24) is 0 Å². The summed E-state index contributed by atoms with van der Waals surface area (Å²) in [6, 6.07) is 1.84. The molecule has 0 unspecified atom stereocenters. The molecule has 1 heterocycles. The van der Waals surface area contributed by atoms with Crippen molar-refractivity contribution in [2.45, 2.75) is 45.4 Å². The Hall–Kier alpha value is -0.920. The van der Waals surface area contributed by atoms with E-state index in [9.17, 15) is 0 Å². The Morgan fingerprint density at radius 1 is 1.14 bits per heavy atom. The van der Waals surface area contributed by atoms with Crippen LogP contribution in [0.25, 0.3) is 0 Å². The largest absolute Gasteiger partial charge is 0.490 e. The van der Waals surface area contributed by atoms with Gasteiger partial charge in [0.1, 0.15) is 6.26 Å². The maximum Gasteiger partial charge on any atom is 0.157 e. The van der Waals surface area contributed by atoms with Gasteiger partial charge < -0.3 is 9.15 Å². The van der Waals surface area contributed by atoms with Crippen molar-refractivity contribution >= 4 is 0 Å². The van der Waals surface area contributed by atoms with Gasteiger partial charge in [0.2, 0.25) is 0 Å². The van der Waals surface area contributed by atoms with Crippen molar-refractivity contribution in [1.29, 1.82) is 0 Å².